The number of nitro benzene ring substituents is 1. The highest BCUT2D eigenvalue weighted by Crippen LogP contribution is 2.34. The zero-order valence-electron chi connectivity index (χ0n) is 15.5. The van der Waals surface area contributed by atoms with E-state index < -0.39 is 4.92 Å². The molecule has 8 nitrogen and oxygen atoms in total. The number of benzene rings is 2. The zero-order chi connectivity index (χ0) is 19.8. The highest BCUT2D eigenvalue weighted by molar-refractivity contribution is 5.89. The molecule has 144 valence electrons. The predicted octanol–water partition coefficient (Wildman–Crippen LogP) is 4.71. The average Bonchev–Trinajstić information content (AvgIpc) is 2.67. The Labute approximate surface area is 157 Å². The number of carbonyl (C=O) groups is 1. The molecule has 2 N–H and O–H groups in total. The number of rotatable bonds is 8. The van der Waals surface area contributed by atoms with Crippen LogP contribution in [0.5, 0.6) is 17.2 Å². The Bertz CT molecular complexity index is 788. The van der Waals surface area contributed by atoms with Gasteiger partial charge in [0.1, 0.15) is 5.75 Å². The molecule has 0 spiro atoms. The Hall–Kier alpha value is -3.29. The summed E-state index contributed by atoms with van der Waals surface area (Å²) in [5.41, 5.74) is 0.545. The average molecular weight is 373 g/mol. The lowest BCUT2D eigenvalue weighted by atomic mass is 10.2. The zero-order valence-corrected chi connectivity index (χ0v) is 15.5. The molecular weight excluding hydrogens is 350 g/mol. The van der Waals surface area contributed by atoms with Crippen molar-refractivity contribution in [3.63, 3.8) is 0 Å². The molecular formula is C19H23N3O5. The molecule has 2 aromatic carbocycles. The summed E-state index contributed by atoms with van der Waals surface area (Å²) in [5, 5.41) is 16.4. The van der Waals surface area contributed by atoms with E-state index in [0.717, 1.165) is 12.8 Å². The molecule has 0 saturated heterocycles. The van der Waals surface area contributed by atoms with E-state index >= 15 is 0 Å². The second-order valence-corrected chi connectivity index (χ2v) is 5.83. The van der Waals surface area contributed by atoms with Gasteiger partial charge in [-0.2, -0.15) is 0 Å². The lowest BCUT2D eigenvalue weighted by Gasteiger charge is -2.16. The van der Waals surface area contributed by atoms with Crippen LogP contribution >= 0.6 is 0 Å². The van der Waals surface area contributed by atoms with Crippen LogP contribution in [0.15, 0.2) is 42.5 Å². The van der Waals surface area contributed by atoms with E-state index in [-0.39, 0.29) is 17.8 Å². The molecule has 0 aliphatic carbocycles. The summed E-state index contributed by atoms with van der Waals surface area (Å²) in [7, 11) is 1.49. The number of hydrogen-bond donors (Lipinski definition) is 2. The fourth-order valence-electron chi connectivity index (χ4n) is 2.44. The lowest BCUT2D eigenvalue weighted by molar-refractivity contribution is -0.384. The summed E-state index contributed by atoms with van der Waals surface area (Å²) in [6, 6.07) is 10.6. The van der Waals surface area contributed by atoms with E-state index in [4.69, 9.17) is 9.47 Å². The number of hydrogen-bond acceptors (Lipinski definition) is 5. The van der Waals surface area contributed by atoms with E-state index in [1.165, 1.54) is 31.4 Å². The molecule has 0 bridgehead atoms. The molecule has 2 aromatic rings. The first kappa shape index (κ1) is 20.0. The van der Waals surface area contributed by atoms with Crippen LogP contribution in [-0.2, 0) is 0 Å². The molecule has 27 heavy (non-hydrogen) atoms. The van der Waals surface area contributed by atoms with Gasteiger partial charge in [-0.15, -0.1) is 0 Å². The Morgan fingerprint density at radius 3 is 2.33 bits per heavy atom. The van der Waals surface area contributed by atoms with Crippen molar-refractivity contribution < 1.29 is 19.2 Å². The minimum atomic E-state index is -0.475. The van der Waals surface area contributed by atoms with Gasteiger partial charge in [0.15, 0.2) is 11.5 Å². The van der Waals surface area contributed by atoms with Crippen LogP contribution in [0, 0.1) is 10.1 Å². The normalized spacial score (nSPS) is 10.4. The summed E-state index contributed by atoms with van der Waals surface area (Å²) >= 11 is 0. The standard InChI is InChI=1S/C19H23N3O5/c1-4-13(5-2)20-19(23)21-14-6-11-17(18(12-14)26-3)27-16-9-7-15(8-10-16)22(24)25/h6-13H,4-5H2,1-3H3,(H2,20,21,23). The fraction of sp³-hybridized carbons (Fsp3) is 0.316. The summed E-state index contributed by atoms with van der Waals surface area (Å²) in [6.45, 7) is 4.03. The number of amides is 2. The molecule has 0 heterocycles. The third kappa shape index (κ3) is 5.60. The van der Waals surface area contributed by atoms with Gasteiger partial charge >= 0.3 is 6.03 Å². The summed E-state index contributed by atoms with van der Waals surface area (Å²) in [4.78, 5) is 22.3. The lowest BCUT2D eigenvalue weighted by Crippen LogP contribution is -2.37. The third-order valence-corrected chi connectivity index (χ3v) is 4.02. The topological polar surface area (TPSA) is 103 Å². The monoisotopic (exact) mass is 373 g/mol. The first-order valence-electron chi connectivity index (χ1n) is 8.64. The first-order chi connectivity index (χ1) is 13.0. The van der Waals surface area contributed by atoms with Crippen molar-refractivity contribution in [3.8, 4) is 17.2 Å². The number of urea groups is 1. The van der Waals surface area contributed by atoms with Crippen molar-refractivity contribution in [2.75, 3.05) is 12.4 Å². The number of nitrogens with zero attached hydrogens (tertiary/aromatic N) is 1. The van der Waals surface area contributed by atoms with Crippen molar-refractivity contribution in [2.45, 2.75) is 32.7 Å². The Balaban J connectivity index is 2.09. The van der Waals surface area contributed by atoms with Crippen LogP contribution < -0.4 is 20.1 Å². The minimum Gasteiger partial charge on any atom is -0.493 e. The van der Waals surface area contributed by atoms with Crippen molar-refractivity contribution >= 4 is 17.4 Å². The molecule has 0 radical (unpaired) electrons. The van der Waals surface area contributed by atoms with Gasteiger partial charge in [-0.25, -0.2) is 4.79 Å². The SMILES string of the molecule is CCC(CC)NC(=O)Nc1ccc(Oc2ccc([N+](=O)[O-])cc2)c(OC)c1. The van der Waals surface area contributed by atoms with Crippen molar-refractivity contribution in [3.05, 3.63) is 52.6 Å². The molecule has 0 aromatic heterocycles. The number of ether oxygens (including phenoxy) is 2. The van der Waals surface area contributed by atoms with Gasteiger partial charge in [0.25, 0.3) is 5.69 Å². The van der Waals surface area contributed by atoms with Gasteiger partial charge in [-0.05, 0) is 37.1 Å². The van der Waals surface area contributed by atoms with Gasteiger partial charge in [-0.3, -0.25) is 10.1 Å². The van der Waals surface area contributed by atoms with Gasteiger partial charge in [0, 0.05) is 29.9 Å². The quantitative estimate of drug-likeness (QED) is 0.515. The second kappa shape index (κ2) is 9.42. The molecule has 0 aliphatic rings. The van der Waals surface area contributed by atoms with Crippen LogP contribution in [0.2, 0.25) is 0 Å². The van der Waals surface area contributed by atoms with E-state index in [1.54, 1.807) is 18.2 Å². The minimum absolute atomic E-state index is 0.0164. The number of non-ortho nitro benzene ring substituents is 1. The highest BCUT2D eigenvalue weighted by Gasteiger charge is 2.12. The third-order valence-electron chi connectivity index (χ3n) is 4.02. The Morgan fingerprint density at radius 1 is 1.11 bits per heavy atom. The van der Waals surface area contributed by atoms with Crippen LogP contribution in [0.25, 0.3) is 0 Å². The van der Waals surface area contributed by atoms with Gasteiger partial charge in [-0.1, -0.05) is 13.8 Å². The molecule has 8 heteroatoms. The molecule has 0 atom stereocenters. The van der Waals surface area contributed by atoms with Gasteiger partial charge < -0.3 is 20.1 Å². The smallest absolute Gasteiger partial charge is 0.319 e. The number of nitro groups is 1. The molecule has 0 unspecified atom stereocenters. The summed E-state index contributed by atoms with van der Waals surface area (Å²) < 4.78 is 11.0. The van der Waals surface area contributed by atoms with Crippen molar-refractivity contribution in [1.29, 1.82) is 0 Å². The van der Waals surface area contributed by atoms with E-state index in [1.807, 2.05) is 13.8 Å². The predicted molar refractivity (Wildman–Crippen MR) is 103 cm³/mol. The van der Waals surface area contributed by atoms with Crippen molar-refractivity contribution in [2.24, 2.45) is 0 Å². The van der Waals surface area contributed by atoms with Gasteiger partial charge in [0.05, 0.1) is 12.0 Å². The number of methoxy groups -OCH3 is 1. The van der Waals surface area contributed by atoms with Crippen molar-refractivity contribution in [1.82, 2.24) is 5.32 Å². The maximum Gasteiger partial charge on any atom is 0.319 e. The maximum atomic E-state index is 12.1. The molecule has 2 rings (SSSR count). The number of nitrogens with one attached hydrogen (secondary N) is 2. The van der Waals surface area contributed by atoms with Crippen LogP contribution in [0.3, 0.4) is 0 Å². The van der Waals surface area contributed by atoms with Crippen LogP contribution in [0.1, 0.15) is 26.7 Å². The Kier molecular flexibility index (Phi) is 6.99. The molecule has 2 amide bonds. The molecule has 0 saturated carbocycles. The summed E-state index contributed by atoms with van der Waals surface area (Å²) in [6.07, 6.45) is 1.71. The molecule has 0 fully saturated rings. The van der Waals surface area contributed by atoms with E-state index in [2.05, 4.69) is 10.6 Å². The second-order valence-electron chi connectivity index (χ2n) is 5.83. The first-order valence-corrected chi connectivity index (χ1v) is 8.64. The number of anilines is 1. The Morgan fingerprint density at radius 2 is 1.78 bits per heavy atom. The van der Waals surface area contributed by atoms with Crippen LogP contribution in [0.4, 0.5) is 16.2 Å². The van der Waals surface area contributed by atoms with E-state index in [0.29, 0.717) is 22.9 Å². The largest absolute Gasteiger partial charge is 0.493 e. The fourth-order valence-corrected chi connectivity index (χ4v) is 2.44. The maximum absolute atomic E-state index is 12.1. The van der Waals surface area contributed by atoms with Gasteiger partial charge in [0.2, 0.25) is 0 Å². The van der Waals surface area contributed by atoms with Crippen LogP contribution in [-0.4, -0.2) is 24.1 Å². The van der Waals surface area contributed by atoms with E-state index in [9.17, 15) is 14.9 Å². The molecule has 0 aliphatic heterocycles. The highest BCUT2D eigenvalue weighted by atomic mass is 16.6. The summed E-state index contributed by atoms with van der Waals surface area (Å²) in [5.74, 6) is 1.29. The number of carbonyl (C=O) groups excluding carboxylic acids is 1.